The molecule has 0 spiro atoms. The highest BCUT2D eigenvalue weighted by atomic mass is 32.1. The molecule has 1 saturated carbocycles. The SMILES string of the molecule is S=c1[nH]nc(-c2ccoc2)n1C1CC1. The minimum atomic E-state index is 0.533. The van der Waals surface area contributed by atoms with Gasteiger partial charge in [-0.05, 0) is 31.1 Å². The molecule has 1 aliphatic carbocycles. The fourth-order valence-electron chi connectivity index (χ4n) is 1.57. The van der Waals surface area contributed by atoms with Gasteiger partial charge in [-0.25, -0.2) is 0 Å². The summed E-state index contributed by atoms with van der Waals surface area (Å²) in [6.45, 7) is 0. The molecular weight excluding hydrogens is 198 g/mol. The maximum atomic E-state index is 5.18. The van der Waals surface area contributed by atoms with E-state index in [4.69, 9.17) is 16.6 Å². The summed E-state index contributed by atoms with van der Waals surface area (Å²) < 4.78 is 7.80. The zero-order valence-electron chi connectivity index (χ0n) is 7.43. The molecule has 1 fully saturated rings. The number of nitrogens with zero attached hydrogens (tertiary/aromatic N) is 2. The van der Waals surface area contributed by atoms with E-state index >= 15 is 0 Å². The van der Waals surface area contributed by atoms with Gasteiger partial charge in [-0.3, -0.25) is 9.67 Å². The van der Waals surface area contributed by atoms with E-state index in [-0.39, 0.29) is 0 Å². The highest BCUT2D eigenvalue weighted by Gasteiger charge is 2.27. The first-order valence-electron chi connectivity index (χ1n) is 4.56. The van der Waals surface area contributed by atoms with Crippen molar-refractivity contribution in [1.82, 2.24) is 14.8 Å². The van der Waals surface area contributed by atoms with Crippen molar-refractivity contribution in [3.63, 3.8) is 0 Å². The molecule has 14 heavy (non-hydrogen) atoms. The van der Waals surface area contributed by atoms with E-state index in [0.717, 1.165) is 11.4 Å². The van der Waals surface area contributed by atoms with Crippen LogP contribution in [0.4, 0.5) is 0 Å². The van der Waals surface area contributed by atoms with Gasteiger partial charge in [0, 0.05) is 6.04 Å². The number of aromatic nitrogens is 3. The predicted octanol–water partition coefficient (Wildman–Crippen LogP) is 2.54. The van der Waals surface area contributed by atoms with Gasteiger partial charge in [0.15, 0.2) is 10.6 Å². The van der Waals surface area contributed by atoms with Crippen molar-refractivity contribution in [2.24, 2.45) is 0 Å². The Morgan fingerprint density at radius 1 is 1.57 bits per heavy atom. The molecule has 2 aromatic heterocycles. The van der Waals surface area contributed by atoms with Gasteiger partial charge in [-0.15, -0.1) is 0 Å². The van der Waals surface area contributed by atoms with Crippen molar-refractivity contribution in [2.75, 3.05) is 0 Å². The van der Waals surface area contributed by atoms with Gasteiger partial charge in [-0.1, -0.05) is 0 Å². The largest absolute Gasteiger partial charge is 0.472 e. The van der Waals surface area contributed by atoms with Crippen LogP contribution in [0.5, 0.6) is 0 Å². The molecular formula is C9H9N3OS. The second kappa shape index (κ2) is 2.81. The Kier molecular flexibility index (Phi) is 1.61. The maximum absolute atomic E-state index is 5.18. The fraction of sp³-hybridized carbons (Fsp3) is 0.333. The summed E-state index contributed by atoms with van der Waals surface area (Å²) in [5, 5.41) is 7.03. The number of furan rings is 1. The molecule has 0 unspecified atom stereocenters. The zero-order valence-corrected chi connectivity index (χ0v) is 8.25. The topological polar surface area (TPSA) is 46.8 Å². The van der Waals surface area contributed by atoms with E-state index in [1.807, 2.05) is 6.07 Å². The molecule has 4 nitrogen and oxygen atoms in total. The van der Waals surface area contributed by atoms with Crippen molar-refractivity contribution in [2.45, 2.75) is 18.9 Å². The number of hydrogen-bond donors (Lipinski definition) is 1. The molecule has 0 radical (unpaired) electrons. The summed E-state index contributed by atoms with van der Waals surface area (Å²) in [6.07, 6.45) is 5.71. The van der Waals surface area contributed by atoms with Gasteiger partial charge >= 0.3 is 0 Å². The van der Waals surface area contributed by atoms with E-state index in [0.29, 0.717) is 10.8 Å². The van der Waals surface area contributed by atoms with Crippen molar-refractivity contribution in [3.8, 4) is 11.4 Å². The smallest absolute Gasteiger partial charge is 0.195 e. The van der Waals surface area contributed by atoms with Crippen LogP contribution in [0.15, 0.2) is 23.0 Å². The maximum Gasteiger partial charge on any atom is 0.195 e. The molecule has 0 bridgehead atoms. The summed E-state index contributed by atoms with van der Waals surface area (Å²) >= 11 is 5.18. The van der Waals surface area contributed by atoms with Gasteiger partial charge in [0.05, 0.1) is 11.8 Å². The lowest BCUT2D eigenvalue weighted by Gasteiger charge is -2.00. The zero-order chi connectivity index (χ0) is 9.54. The predicted molar refractivity (Wildman–Crippen MR) is 53.4 cm³/mol. The minimum absolute atomic E-state index is 0.533. The van der Waals surface area contributed by atoms with Crippen molar-refractivity contribution < 1.29 is 4.42 Å². The molecule has 72 valence electrons. The quantitative estimate of drug-likeness (QED) is 0.770. The molecule has 0 atom stereocenters. The van der Waals surface area contributed by atoms with Crippen LogP contribution in [-0.2, 0) is 0 Å². The molecule has 1 aliphatic rings. The van der Waals surface area contributed by atoms with Gasteiger partial charge in [0.25, 0.3) is 0 Å². The molecule has 0 saturated heterocycles. The molecule has 0 amide bonds. The van der Waals surface area contributed by atoms with Crippen molar-refractivity contribution >= 4 is 12.2 Å². The van der Waals surface area contributed by atoms with Crippen LogP contribution in [0.25, 0.3) is 11.4 Å². The average Bonchev–Trinajstić information content (AvgIpc) is 2.75. The second-order valence-corrected chi connectivity index (χ2v) is 3.85. The monoisotopic (exact) mass is 207 g/mol. The van der Waals surface area contributed by atoms with E-state index in [1.54, 1.807) is 12.5 Å². The minimum Gasteiger partial charge on any atom is -0.472 e. The van der Waals surface area contributed by atoms with Crippen molar-refractivity contribution in [3.05, 3.63) is 23.4 Å². The number of hydrogen-bond acceptors (Lipinski definition) is 3. The molecule has 5 heteroatoms. The Morgan fingerprint density at radius 2 is 2.43 bits per heavy atom. The highest BCUT2D eigenvalue weighted by molar-refractivity contribution is 7.71. The van der Waals surface area contributed by atoms with Crippen LogP contribution in [0.2, 0.25) is 0 Å². The molecule has 3 rings (SSSR count). The number of H-pyrrole nitrogens is 1. The molecule has 1 N–H and O–H groups in total. The molecule has 2 heterocycles. The third-order valence-electron chi connectivity index (χ3n) is 2.40. The fourth-order valence-corrected chi connectivity index (χ4v) is 1.85. The first-order valence-corrected chi connectivity index (χ1v) is 4.96. The van der Waals surface area contributed by atoms with Crippen LogP contribution in [-0.4, -0.2) is 14.8 Å². The summed E-state index contributed by atoms with van der Waals surface area (Å²) in [5.41, 5.74) is 0.976. The van der Waals surface area contributed by atoms with E-state index in [9.17, 15) is 0 Å². The first-order chi connectivity index (χ1) is 6.86. The van der Waals surface area contributed by atoms with Crippen LogP contribution >= 0.6 is 12.2 Å². The number of nitrogens with one attached hydrogen (secondary N) is 1. The lowest BCUT2D eigenvalue weighted by molar-refractivity contribution is 0.567. The van der Waals surface area contributed by atoms with Gasteiger partial charge < -0.3 is 4.42 Å². The van der Waals surface area contributed by atoms with Gasteiger partial charge in [-0.2, -0.15) is 5.10 Å². The second-order valence-electron chi connectivity index (χ2n) is 3.47. The average molecular weight is 207 g/mol. The Hall–Kier alpha value is -1.36. The standard InChI is InChI=1S/C9H9N3OS/c14-9-11-10-8(6-3-4-13-5-6)12(9)7-1-2-7/h3-5,7H,1-2H2,(H,11,14). The van der Waals surface area contributed by atoms with Crippen LogP contribution in [0.3, 0.4) is 0 Å². The number of rotatable bonds is 2. The Morgan fingerprint density at radius 3 is 3.07 bits per heavy atom. The van der Waals surface area contributed by atoms with E-state index < -0.39 is 0 Å². The molecule has 2 aromatic rings. The summed E-state index contributed by atoms with van der Waals surface area (Å²) in [7, 11) is 0. The van der Waals surface area contributed by atoms with Crippen LogP contribution < -0.4 is 0 Å². The van der Waals surface area contributed by atoms with Crippen LogP contribution in [0.1, 0.15) is 18.9 Å². The summed E-state index contributed by atoms with van der Waals surface area (Å²) in [5.74, 6) is 0.881. The van der Waals surface area contributed by atoms with E-state index in [1.165, 1.54) is 12.8 Å². The van der Waals surface area contributed by atoms with E-state index in [2.05, 4.69) is 14.8 Å². The molecule has 0 aromatic carbocycles. The first kappa shape index (κ1) is 7.99. The number of aromatic amines is 1. The molecule has 0 aliphatic heterocycles. The Labute approximate surface area is 85.6 Å². The van der Waals surface area contributed by atoms with Crippen molar-refractivity contribution in [1.29, 1.82) is 0 Å². The third kappa shape index (κ3) is 1.13. The Balaban J connectivity index is 2.18. The van der Waals surface area contributed by atoms with Crippen LogP contribution in [0, 0.1) is 4.77 Å². The Bertz CT molecular complexity index is 492. The summed E-state index contributed by atoms with van der Waals surface area (Å²) in [4.78, 5) is 0. The highest BCUT2D eigenvalue weighted by Crippen LogP contribution is 2.37. The normalized spacial score (nSPS) is 16.0. The third-order valence-corrected chi connectivity index (χ3v) is 2.68. The van der Waals surface area contributed by atoms with Gasteiger partial charge in [0.2, 0.25) is 0 Å². The summed E-state index contributed by atoms with van der Waals surface area (Å²) in [6, 6.07) is 2.43. The van der Waals surface area contributed by atoms with Gasteiger partial charge in [0.1, 0.15) is 6.26 Å². The lowest BCUT2D eigenvalue weighted by Crippen LogP contribution is -1.96. The lowest BCUT2D eigenvalue weighted by atomic mass is 10.3.